The number of benzene rings is 2. The van der Waals surface area contributed by atoms with Gasteiger partial charge in [-0.05, 0) is 22.3 Å². The third-order valence-corrected chi connectivity index (χ3v) is 4.71. The SMILES string of the molecule is N#CCc1ccc([C@H](C#N)C(=O)CCC(=O)[C@@H](C#N)c2ccc(CC#N)cc2)cc1. The maximum atomic E-state index is 12.5. The standard InChI is InChI=1S/C24H18N4O2/c25-13-11-17-1-5-19(6-2-17)21(15-27)23(29)9-10-24(30)22(16-28)20-7-3-18(4-8-20)12-14-26/h1-8,21-22H,9-12H2/t21-,22-/m0/s1. The summed E-state index contributed by atoms with van der Waals surface area (Å²) in [6, 6.07) is 21.4. The van der Waals surface area contributed by atoms with E-state index in [1.165, 1.54) is 0 Å². The number of nitriles is 4. The number of ketones is 2. The van der Waals surface area contributed by atoms with Crippen molar-refractivity contribution in [1.29, 1.82) is 21.0 Å². The van der Waals surface area contributed by atoms with Crippen molar-refractivity contribution in [2.45, 2.75) is 37.5 Å². The maximum absolute atomic E-state index is 12.5. The normalized spacial score (nSPS) is 11.7. The fourth-order valence-electron chi connectivity index (χ4n) is 3.04. The van der Waals surface area contributed by atoms with Gasteiger partial charge in [0.15, 0.2) is 11.6 Å². The van der Waals surface area contributed by atoms with E-state index in [4.69, 9.17) is 10.5 Å². The predicted molar refractivity (Wildman–Crippen MR) is 107 cm³/mol. The van der Waals surface area contributed by atoms with Gasteiger partial charge < -0.3 is 0 Å². The highest BCUT2D eigenvalue weighted by Gasteiger charge is 2.24. The third-order valence-electron chi connectivity index (χ3n) is 4.71. The first-order valence-corrected chi connectivity index (χ1v) is 9.30. The molecule has 0 fully saturated rings. The van der Waals surface area contributed by atoms with E-state index in [0.717, 1.165) is 11.1 Å². The molecule has 2 atom stereocenters. The predicted octanol–water partition coefficient (Wildman–Crippen LogP) is 3.65. The molecule has 0 saturated heterocycles. The second-order valence-electron chi connectivity index (χ2n) is 6.71. The van der Waals surface area contributed by atoms with Crippen LogP contribution in [0.1, 0.15) is 46.9 Å². The molecule has 0 radical (unpaired) electrons. The van der Waals surface area contributed by atoms with Crippen LogP contribution in [0.5, 0.6) is 0 Å². The lowest BCUT2D eigenvalue weighted by Crippen LogP contribution is -2.16. The van der Waals surface area contributed by atoms with E-state index < -0.39 is 11.8 Å². The van der Waals surface area contributed by atoms with Crippen molar-refractivity contribution in [3.8, 4) is 24.3 Å². The van der Waals surface area contributed by atoms with Crippen LogP contribution in [0.25, 0.3) is 0 Å². The number of carbonyl (C=O) groups excluding carboxylic acids is 2. The summed E-state index contributed by atoms with van der Waals surface area (Å²) < 4.78 is 0. The molecule has 6 nitrogen and oxygen atoms in total. The molecule has 0 saturated carbocycles. The minimum Gasteiger partial charge on any atom is -0.298 e. The van der Waals surface area contributed by atoms with Crippen molar-refractivity contribution >= 4 is 11.6 Å². The Balaban J connectivity index is 2.03. The van der Waals surface area contributed by atoms with Crippen LogP contribution in [0.2, 0.25) is 0 Å². The van der Waals surface area contributed by atoms with Gasteiger partial charge in [-0.3, -0.25) is 9.59 Å². The molecule has 0 unspecified atom stereocenters. The van der Waals surface area contributed by atoms with Crippen LogP contribution in [0.3, 0.4) is 0 Å². The topological polar surface area (TPSA) is 129 Å². The Bertz CT molecular complexity index is 985. The second-order valence-corrected chi connectivity index (χ2v) is 6.71. The van der Waals surface area contributed by atoms with Gasteiger partial charge in [-0.1, -0.05) is 48.5 Å². The number of nitrogens with zero attached hydrogens (tertiary/aromatic N) is 4. The lowest BCUT2D eigenvalue weighted by molar-refractivity contribution is -0.124. The molecule has 0 amide bonds. The first-order chi connectivity index (χ1) is 14.5. The zero-order valence-electron chi connectivity index (χ0n) is 16.2. The van der Waals surface area contributed by atoms with Gasteiger partial charge >= 0.3 is 0 Å². The number of hydrogen-bond donors (Lipinski definition) is 0. The van der Waals surface area contributed by atoms with Crippen molar-refractivity contribution in [2.75, 3.05) is 0 Å². The molecule has 0 aliphatic heterocycles. The molecule has 0 aliphatic rings. The molecule has 30 heavy (non-hydrogen) atoms. The highest BCUT2D eigenvalue weighted by atomic mass is 16.1. The molecular weight excluding hydrogens is 376 g/mol. The van der Waals surface area contributed by atoms with Gasteiger partial charge in [0.1, 0.15) is 11.8 Å². The molecule has 0 heterocycles. The van der Waals surface area contributed by atoms with Gasteiger partial charge in [0, 0.05) is 12.8 Å². The fourth-order valence-corrected chi connectivity index (χ4v) is 3.04. The molecule has 2 rings (SSSR count). The number of rotatable bonds is 9. The first kappa shape index (κ1) is 22.0. The molecule has 2 aromatic carbocycles. The Morgan fingerprint density at radius 2 is 0.967 bits per heavy atom. The molecule has 0 N–H and O–H groups in total. The summed E-state index contributed by atoms with van der Waals surface area (Å²) in [6.07, 6.45) is 0.212. The van der Waals surface area contributed by atoms with E-state index in [0.29, 0.717) is 11.1 Å². The van der Waals surface area contributed by atoms with E-state index >= 15 is 0 Å². The maximum Gasteiger partial charge on any atom is 0.154 e. The monoisotopic (exact) mass is 394 g/mol. The van der Waals surface area contributed by atoms with Crippen LogP contribution in [-0.2, 0) is 22.4 Å². The van der Waals surface area contributed by atoms with Gasteiger partial charge in [-0.25, -0.2) is 0 Å². The van der Waals surface area contributed by atoms with Crippen LogP contribution in [0.15, 0.2) is 48.5 Å². The number of hydrogen-bond acceptors (Lipinski definition) is 6. The van der Waals surface area contributed by atoms with Gasteiger partial charge in [0.25, 0.3) is 0 Å². The Kier molecular flexibility index (Phi) is 8.02. The molecule has 0 aliphatic carbocycles. The Labute approximate surface area is 175 Å². The largest absolute Gasteiger partial charge is 0.298 e. The van der Waals surface area contributed by atoms with Crippen LogP contribution in [-0.4, -0.2) is 11.6 Å². The van der Waals surface area contributed by atoms with E-state index in [9.17, 15) is 20.1 Å². The fraction of sp³-hybridized carbons (Fsp3) is 0.250. The zero-order valence-corrected chi connectivity index (χ0v) is 16.2. The van der Waals surface area contributed by atoms with Crippen LogP contribution in [0.4, 0.5) is 0 Å². The molecule has 2 aromatic rings. The molecule has 146 valence electrons. The third kappa shape index (κ3) is 5.62. The zero-order chi connectivity index (χ0) is 21.9. The van der Waals surface area contributed by atoms with Crippen molar-refractivity contribution in [1.82, 2.24) is 0 Å². The average Bonchev–Trinajstić information content (AvgIpc) is 2.76. The van der Waals surface area contributed by atoms with Crippen LogP contribution < -0.4 is 0 Å². The van der Waals surface area contributed by atoms with Crippen molar-refractivity contribution in [2.24, 2.45) is 0 Å². The van der Waals surface area contributed by atoms with Gasteiger partial charge in [-0.15, -0.1) is 0 Å². The Hall–Kier alpha value is -4.26. The average molecular weight is 394 g/mol. The smallest absolute Gasteiger partial charge is 0.154 e. The second kappa shape index (κ2) is 10.9. The van der Waals surface area contributed by atoms with Crippen molar-refractivity contribution in [3.05, 3.63) is 70.8 Å². The summed E-state index contributed by atoms with van der Waals surface area (Å²) in [7, 11) is 0. The first-order valence-electron chi connectivity index (χ1n) is 9.30. The highest BCUT2D eigenvalue weighted by molar-refractivity contribution is 5.94. The van der Waals surface area contributed by atoms with E-state index in [-0.39, 0.29) is 37.2 Å². The Morgan fingerprint density at radius 3 is 1.23 bits per heavy atom. The molecule has 0 aromatic heterocycles. The summed E-state index contributed by atoms with van der Waals surface area (Å²) in [6.45, 7) is 0. The van der Waals surface area contributed by atoms with E-state index in [1.807, 2.05) is 24.3 Å². The van der Waals surface area contributed by atoms with Crippen LogP contribution >= 0.6 is 0 Å². The minimum absolute atomic E-state index is 0.137. The molecule has 0 bridgehead atoms. The van der Waals surface area contributed by atoms with Crippen molar-refractivity contribution in [3.63, 3.8) is 0 Å². The Morgan fingerprint density at radius 1 is 0.633 bits per heavy atom. The molecule has 6 heteroatoms. The highest BCUT2D eigenvalue weighted by Crippen LogP contribution is 2.23. The number of carbonyl (C=O) groups is 2. The number of Topliss-reactive ketones (excluding diaryl/α,β-unsaturated/α-hetero) is 2. The van der Waals surface area contributed by atoms with Crippen LogP contribution in [0, 0.1) is 45.3 Å². The molecular formula is C24H18N4O2. The van der Waals surface area contributed by atoms with Gasteiger partial charge in [-0.2, -0.15) is 21.0 Å². The van der Waals surface area contributed by atoms with Gasteiger partial charge in [0.05, 0.1) is 37.1 Å². The van der Waals surface area contributed by atoms with E-state index in [2.05, 4.69) is 0 Å². The lowest BCUT2D eigenvalue weighted by atomic mass is 9.89. The summed E-state index contributed by atoms with van der Waals surface area (Å²) in [5.41, 5.74) is 2.61. The summed E-state index contributed by atoms with van der Waals surface area (Å²) in [5.74, 6) is -2.78. The summed E-state index contributed by atoms with van der Waals surface area (Å²) >= 11 is 0. The minimum atomic E-state index is -1.00. The summed E-state index contributed by atoms with van der Waals surface area (Å²) in [5, 5.41) is 36.2. The molecule has 0 spiro atoms. The van der Waals surface area contributed by atoms with E-state index in [1.54, 1.807) is 48.5 Å². The lowest BCUT2D eigenvalue weighted by Gasteiger charge is -2.11. The van der Waals surface area contributed by atoms with Gasteiger partial charge in [0.2, 0.25) is 0 Å². The van der Waals surface area contributed by atoms with Crippen molar-refractivity contribution < 1.29 is 9.59 Å². The quantitative estimate of drug-likeness (QED) is 0.638. The summed E-state index contributed by atoms with van der Waals surface area (Å²) in [4.78, 5) is 25.0.